The Morgan fingerprint density at radius 1 is 1.45 bits per heavy atom. The van der Waals surface area contributed by atoms with Crippen molar-refractivity contribution < 1.29 is 4.39 Å². The quantitative estimate of drug-likeness (QED) is 0.704. The van der Waals surface area contributed by atoms with Crippen molar-refractivity contribution in [2.24, 2.45) is 0 Å². The summed E-state index contributed by atoms with van der Waals surface area (Å²) in [7, 11) is 0. The minimum Gasteiger partial charge on any atom is -0.293 e. The molecule has 1 aromatic carbocycles. The van der Waals surface area contributed by atoms with E-state index in [-0.39, 0.29) is 17.9 Å². The zero-order valence-electron chi connectivity index (χ0n) is 10.6. The van der Waals surface area contributed by atoms with E-state index in [1.165, 1.54) is 28.3 Å². The molecule has 0 aliphatic carbocycles. The van der Waals surface area contributed by atoms with Gasteiger partial charge in [0, 0.05) is 10.0 Å². The van der Waals surface area contributed by atoms with Gasteiger partial charge >= 0.3 is 0 Å². The van der Waals surface area contributed by atoms with Gasteiger partial charge < -0.3 is 0 Å². The Kier molecular flexibility index (Phi) is 3.43. The highest BCUT2D eigenvalue weighted by Gasteiger charge is 2.10. The largest absolute Gasteiger partial charge is 0.293 e. The SMILES string of the molecule is Cc1csc2c(=O)n(Cc3cc(Br)ccc3F)cnc12. The highest BCUT2D eigenvalue weighted by molar-refractivity contribution is 9.10. The van der Waals surface area contributed by atoms with E-state index in [4.69, 9.17) is 0 Å². The number of rotatable bonds is 2. The molecule has 102 valence electrons. The third-order valence-corrected chi connectivity index (χ3v) is 4.64. The highest BCUT2D eigenvalue weighted by Crippen LogP contribution is 2.20. The number of fused-ring (bicyclic) bond motifs is 1. The highest BCUT2D eigenvalue weighted by atomic mass is 79.9. The Labute approximate surface area is 126 Å². The molecule has 0 spiro atoms. The molecule has 0 unspecified atom stereocenters. The van der Waals surface area contributed by atoms with Crippen LogP contribution in [0.15, 0.2) is 39.2 Å². The monoisotopic (exact) mass is 352 g/mol. The molecule has 3 nitrogen and oxygen atoms in total. The van der Waals surface area contributed by atoms with Crippen molar-refractivity contribution >= 4 is 37.5 Å². The third-order valence-electron chi connectivity index (χ3n) is 3.07. The van der Waals surface area contributed by atoms with Crippen LogP contribution in [0.3, 0.4) is 0 Å². The summed E-state index contributed by atoms with van der Waals surface area (Å²) in [5.41, 5.74) is 2.04. The van der Waals surface area contributed by atoms with Crippen LogP contribution in [-0.4, -0.2) is 9.55 Å². The van der Waals surface area contributed by atoms with Crippen molar-refractivity contribution in [3.8, 4) is 0 Å². The van der Waals surface area contributed by atoms with E-state index in [9.17, 15) is 9.18 Å². The van der Waals surface area contributed by atoms with Gasteiger partial charge in [0.15, 0.2) is 0 Å². The molecule has 0 saturated carbocycles. The van der Waals surface area contributed by atoms with Crippen LogP contribution in [0, 0.1) is 12.7 Å². The van der Waals surface area contributed by atoms with E-state index in [1.807, 2.05) is 12.3 Å². The molecule has 0 amide bonds. The van der Waals surface area contributed by atoms with Crippen LogP contribution in [0.1, 0.15) is 11.1 Å². The maximum absolute atomic E-state index is 13.8. The summed E-state index contributed by atoms with van der Waals surface area (Å²) >= 11 is 4.68. The van der Waals surface area contributed by atoms with Crippen molar-refractivity contribution in [3.63, 3.8) is 0 Å². The molecule has 0 N–H and O–H groups in total. The van der Waals surface area contributed by atoms with E-state index in [2.05, 4.69) is 20.9 Å². The van der Waals surface area contributed by atoms with Gasteiger partial charge in [0.2, 0.25) is 0 Å². The normalized spacial score (nSPS) is 11.2. The smallest absolute Gasteiger partial charge is 0.271 e. The van der Waals surface area contributed by atoms with Crippen molar-refractivity contribution in [1.29, 1.82) is 0 Å². The molecule has 2 aromatic heterocycles. The van der Waals surface area contributed by atoms with Gasteiger partial charge in [-0.1, -0.05) is 15.9 Å². The Bertz CT molecular complexity index is 856. The van der Waals surface area contributed by atoms with Crippen LogP contribution >= 0.6 is 27.3 Å². The first kappa shape index (κ1) is 13.5. The molecule has 0 aliphatic rings. The van der Waals surface area contributed by atoms with Gasteiger partial charge in [-0.15, -0.1) is 11.3 Å². The lowest BCUT2D eigenvalue weighted by Gasteiger charge is -2.07. The number of aromatic nitrogens is 2. The van der Waals surface area contributed by atoms with Crippen molar-refractivity contribution in [2.75, 3.05) is 0 Å². The number of thiophene rings is 1. The average molecular weight is 353 g/mol. The first-order valence-electron chi connectivity index (χ1n) is 5.93. The fourth-order valence-corrected chi connectivity index (χ4v) is 3.38. The molecule has 0 aliphatic heterocycles. The van der Waals surface area contributed by atoms with Crippen molar-refractivity contribution in [3.05, 3.63) is 61.7 Å². The summed E-state index contributed by atoms with van der Waals surface area (Å²) in [4.78, 5) is 16.6. The Morgan fingerprint density at radius 3 is 3.05 bits per heavy atom. The van der Waals surface area contributed by atoms with Gasteiger partial charge in [-0.25, -0.2) is 9.37 Å². The summed E-state index contributed by atoms with van der Waals surface area (Å²) < 4.78 is 16.6. The van der Waals surface area contributed by atoms with Crippen LogP contribution in [-0.2, 0) is 6.54 Å². The lowest BCUT2D eigenvalue weighted by molar-refractivity contribution is 0.595. The number of halogens is 2. The number of hydrogen-bond acceptors (Lipinski definition) is 3. The average Bonchev–Trinajstić information content (AvgIpc) is 2.79. The second-order valence-corrected chi connectivity index (χ2v) is 6.31. The van der Waals surface area contributed by atoms with Gasteiger partial charge in [-0.05, 0) is 36.1 Å². The lowest BCUT2D eigenvalue weighted by Crippen LogP contribution is -2.20. The Hall–Kier alpha value is -1.53. The number of hydrogen-bond donors (Lipinski definition) is 0. The minimum atomic E-state index is -0.331. The molecule has 0 fully saturated rings. The molecule has 3 rings (SSSR count). The van der Waals surface area contributed by atoms with Crippen LogP contribution in [0.2, 0.25) is 0 Å². The Balaban J connectivity index is 2.09. The van der Waals surface area contributed by atoms with Crippen molar-refractivity contribution in [2.45, 2.75) is 13.5 Å². The topological polar surface area (TPSA) is 34.9 Å². The summed E-state index contributed by atoms with van der Waals surface area (Å²) in [6, 6.07) is 4.68. The maximum atomic E-state index is 13.8. The van der Waals surface area contributed by atoms with Gasteiger partial charge in [0.25, 0.3) is 5.56 Å². The molecule has 20 heavy (non-hydrogen) atoms. The summed E-state index contributed by atoms with van der Waals surface area (Å²) in [5.74, 6) is -0.331. The Morgan fingerprint density at radius 2 is 2.25 bits per heavy atom. The fourth-order valence-electron chi connectivity index (χ4n) is 2.02. The number of aryl methyl sites for hydroxylation is 1. The fraction of sp³-hybridized carbons (Fsp3) is 0.143. The van der Waals surface area contributed by atoms with Gasteiger partial charge in [-0.2, -0.15) is 0 Å². The van der Waals surface area contributed by atoms with E-state index in [0.29, 0.717) is 10.3 Å². The summed E-state index contributed by atoms with van der Waals surface area (Å²) in [5, 5.41) is 1.91. The second kappa shape index (κ2) is 5.10. The first-order valence-corrected chi connectivity index (χ1v) is 7.60. The first-order chi connectivity index (χ1) is 9.56. The van der Waals surface area contributed by atoms with Gasteiger partial charge in [-0.3, -0.25) is 9.36 Å². The van der Waals surface area contributed by atoms with E-state index in [1.54, 1.807) is 12.1 Å². The van der Waals surface area contributed by atoms with Crippen LogP contribution in [0.4, 0.5) is 4.39 Å². The second-order valence-electron chi connectivity index (χ2n) is 4.51. The predicted octanol–water partition coefficient (Wildman–Crippen LogP) is 3.72. The third kappa shape index (κ3) is 2.29. The van der Waals surface area contributed by atoms with E-state index in [0.717, 1.165) is 15.6 Å². The molecular formula is C14H10BrFN2OS. The minimum absolute atomic E-state index is 0.132. The van der Waals surface area contributed by atoms with Crippen LogP contribution in [0.5, 0.6) is 0 Å². The van der Waals surface area contributed by atoms with Crippen LogP contribution < -0.4 is 5.56 Å². The molecular weight excluding hydrogens is 343 g/mol. The summed E-state index contributed by atoms with van der Waals surface area (Å²) in [6.45, 7) is 2.09. The maximum Gasteiger partial charge on any atom is 0.271 e. The van der Waals surface area contributed by atoms with Gasteiger partial charge in [0.1, 0.15) is 10.5 Å². The molecule has 2 heterocycles. The van der Waals surface area contributed by atoms with Crippen molar-refractivity contribution in [1.82, 2.24) is 9.55 Å². The summed E-state index contributed by atoms with van der Waals surface area (Å²) in [6.07, 6.45) is 1.48. The standard InChI is InChI=1S/C14H10BrFN2OS/c1-8-6-20-13-12(8)17-7-18(14(13)19)5-9-4-10(15)2-3-11(9)16/h2-4,6-7H,5H2,1H3. The van der Waals surface area contributed by atoms with Gasteiger partial charge in [0.05, 0.1) is 18.4 Å². The molecule has 0 bridgehead atoms. The number of benzene rings is 1. The lowest BCUT2D eigenvalue weighted by atomic mass is 10.2. The number of nitrogens with zero attached hydrogens (tertiary/aromatic N) is 2. The van der Waals surface area contributed by atoms with E-state index < -0.39 is 0 Å². The molecule has 0 atom stereocenters. The van der Waals surface area contributed by atoms with Crippen LogP contribution in [0.25, 0.3) is 10.2 Å². The predicted molar refractivity (Wildman–Crippen MR) is 81.8 cm³/mol. The zero-order valence-corrected chi connectivity index (χ0v) is 13.0. The molecule has 0 saturated heterocycles. The van der Waals surface area contributed by atoms with E-state index >= 15 is 0 Å². The zero-order chi connectivity index (χ0) is 14.3. The molecule has 3 aromatic rings. The molecule has 0 radical (unpaired) electrons. The molecule has 6 heteroatoms.